The molecule has 23 aromatic rings. The van der Waals surface area contributed by atoms with E-state index in [4.69, 9.17) is 18.5 Å². The van der Waals surface area contributed by atoms with E-state index < -0.39 is 0 Å². The van der Waals surface area contributed by atoms with E-state index in [1.54, 1.807) is 157 Å². The summed E-state index contributed by atoms with van der Waals surface area (Å²) >= 11 is 3.22. The number of hydrogen-bond donors (Lipinski definition) is 3. The Hall–Kier alpha value is -12.2. The Bertz CT molecular complexity index is 8020. The van der Waals surface area contributed by atoms with Crippen LogP contribution in [0.1, 0.15) is 44.5 Å². The van der Waals surface area contributed by atoms with E-state index in [9.17, 15) is 40.9 Å². The maximum Gasteiger partial charge on any atom is 1.00 e. The Morgan fingerprint density at radius 2 is 0.633 bits per heavy atom. The molecule has 0 aliphatic carbocycles. The number of aromatic nitrogens is 5. The van der Waals surface area contributed by atoms with E-state index in [0.717, 1.165) is 98.9 Å². The molecule has 0 amide bonds. The minimum Gasteiger partial charge on any atom is -0.872 e. The van der Waals surface area contributed by atoms with Crippen LogP contribution < -0.4 is 282 Å². The van der Waals surface area contributed by atoms with Crippen molar-refractivity contribution in [3.63, 3.8) is 0 Å². The summed E-state index contributed by atoms with van der Waals surface area (Å²) < 4.78 is 19.5. The fraction of sp³-hybridized carbons (Fsp3) is 0.0342. The van der Waals surface area contributed by atoms with E-state index in [-0.39, 0.29) is 247 Å². The molecule has 18 aromatic carbocycles. The quantitative estimate of drug-likeness (QED) is 0.0804. The topological polar surface area (TPSA) is 360 Å². The van der Waals surface area contributed by atoms with Gasteiger partial charge in [-0.3, -0.25) is 0 Å². The van der Waals surface area contributed by atoms with Crippen LogP contribution in [0, 0.1) is 39.0 Å². The molecule has 0 saturated heterocycles. The minimum atomic E-state index is -0.0437. The predicted molar refractivity (Wildman–Crippen MR) is 533 cm³/mol. The van der Waals surface area contributed by atoms with Crippen molar-refractivity contribution in [3.8, 4) is 108 Å². The van der Waals surface area contributed by atoms with Crippen LogP contribution in [-0.2, 0) is 0 Å². The van der Waals surface area contributed by atoms with Crippen molar-refractivity contribution in [2.45, 2.75) is 27.7 Å². The van der Waals surface area contributed by atoms with Gasteiger partial charge in [-0.05, 0) is 157 Å². The zero-order valence-electron chi connectivity index (χ0n) is 83.6. The number of nitriles is 1. The third-order valence-corrected chi connectivity index (χ3v) is 24.2. The maximum atomic E-state index is 12.6. The van der Waals surface area contributed by atoms with Crippen LogP contribution in [0.4, 0.5) is 17.1 Å². The van der Waals surface area contributed by atoms with Gasteiger partial charge in [-0.15, -0.1) is 0 Å². The molecule has 680 valence electrons. The van der Waals surface area contributed by atoms with Crippen LogP contribution in [0.3, 0.4) is 0 Å². The number of oxazole rings is 3. The second kappa shape index (κ2) is 59.1. The molecule has 30 heteroatoms. The number of nitrogens with zero attached hydrogens (tertiary/aromatic N) is 1. The summed E-state index contributed by atoms with van der Waals surface area (Å²) in [6.45, 7) is 8.16. The number of fused-ring (bicyclic) bond motifs is 7. The standard InChI is InChI=1S/C18H13NO2.C17H11NO2.C15H15NO.C14H10N2O.C14H13NO.C13H9NO2.2C13H9NOS.Cs.7Li/c1-11-6-9-15-16(10-11)21-18(19-15)14-8-7-12-4-2-3-5-13(12)17(14)20;19-16-12-6-2-1-5-11(12)9-10-13(16)17-18-14-7-3-4-8-15(14)20-17;1-11-7-8-14(12(2)9-11)16-10-13-5-3-4-6-15(13)17;15-9-11-5-7-13(8-6-11)16-10-12-3-1-2-4-14(12)17;1-11-5-4-7-13(9-11)15-10-12-6-2-3-8-14(12)16;3*15-11-7-3-1-5-9(11)13-14-10-6-2-4-8-12(10)16-13;;;;;;;;/h2-10,20H,1H3;1-10,19H;3-10,17H,1-2H3;1-8,10,17H;2-10,16H,1H3;3*1-8,15H;;;;;;;;/q;;;;;;;;8*+1. The molecule has 0 aliphatic heterocycles. The van der Waals surface area contributed by atoms with Gasteiger partial charge in [-0.2, -0.15) is 30.2 Å². The Labute approximate surface area is 1000 Å². The van der Waals surface area contributed by atoms with Crippen molar-refractivity contribution in [1.29, 1.82) is 5.26 Å². The molecule has 20 nitrogen and oxygen atoms in total. The van der Waals surface area contributed by atoms with Crippen molar-refractivity contribution in [1.82, 2.24) is 0 Å². The van der Waals surface area contributed by atoms with Gasteiger partial charge in [0.25, 0.3) is 10.0 Å². The number of H-pyrrole nitrogens is 5. The normalized spacial score (nSPS) is 10.3. The minimum absolute atomic E-state index is 0. The maximum absolute atomic E-state index is 12.6. The monoisotopic (exact) mass is 2040 g/mol. The average Bonchev–Trinajstić information content (AvgIpc) is 1.70. The van der Waals surface area contributed by atoms with Crippen LogP contribution in [0.25, 0.3) is 131 Å². The summed E-state index contributed by atoms with van der Waals surface area (Å²) in [7, 11) is 0. The molecule has 0 spiro atoms. The first kappa shape index (κ1) is 120. The molecule has 23 rings (SSSR count). The molecular formula is C117H89CsLi7N9O11S2+8. The van der Waals surface area contributed by atoms with E-state index in [1.165, 1.54) is 38.2 Å². The largest absolute Gasteiger partial charge is 1.00 e. The molecule has 5 aromatic heterocycles. The van der Waals surface area contributed by atoms with Crippen LogP contribution in [0.5, 0.6) is 46.0 Å². The number of rotatable bonds is 11. The average molecular weight is 2040 g/mol. The van der Waals surface area contributed by atoms with Gasteiger partial charge in [0.2, 0.25) is 61.4 Å². The second-order valence-electron chi connectivity index (χ2n) is 31.9. The summed E-state index contributed by atoms with van der Waals surface area (Å²) in [5.41, 5.74) is 20.4. The van der Waals surface area contributed by atoms with Gasteiger partial charge >= 0.3 is 219 Å². The number of aryl methyl sites for hydroxylation is 4. The van der Waals surface area contributed by atoms with E-state index in [0.29, 0.717) is 67.4 Å². The Morgan fingerprint density at radius 3 is 1.06 bits per heavy atom. The van der Waals surface area contributed by atoms with Gasteiger partial charge in [-0.1, -0.05) is 317 Å². The molecule has 8 N–H and O–H groups in total. The van der Waals surface area contributed by atoms with Gasteiger partial charge in [-0.25, -0.2) is 15.0 Å². The van der Waals surface area contributed by atoms with E-state index in [2.05, 4.69) is 52.9 Å². The number of nitrogens with one attached hydrogen (secondary N) is 8. The number of hydrogen-bond acceptors (Lipinski definition) is 14. The number of para-hydroxylation sites is 12. The molecule has 0 saturated carbocycles. The van der Waals surface area contributed by atoms with Crippen LogP contribution in [-0.4, -0.2) is 18.6 Å². The van der Waals surface area contributed by atoms with E-state index in [1.807, 2.05) is 294 Å². The Kier molecular flexibility index (Phi) is 48.3. The first-order valence-electron chi connectivity index (χ1n) is 44.2. The van der Waals surface area contributed by atoms with Gasteiger partial charge in [0, 0.05) is 94.0 Å². The third-order valence-electron chi connectivity index (χ3n) is 22.0. The summed E-state index contributed by atoms with van der Waals surface area (Å²) in [4.78, 5) is 25.3. The first-order valence-corrected chi connectivity index (χ1v) is 45.9. The third kappa shape index (κ3) is 32.2. The number of aromatic amines is 5. The van der Waals surface area contributed by atoms with Crippen molar-refractivity contribution >= 4 is 134 Å². The van der Waals surface area contributed by atoms with Crippen molar-refractivity contribution < 1.29 is 295 Å². The van der Waals surface area contributed by atoms with Gasteiger partial charge in [0.05, 0.1) is 28.3 Å². The van der Waals surface area contributed by atoms with Gasteiger partial charge in [0.1, 0.15) is 9.40 Å². The fourth-order valence-corrected chi connectivity index (χ4v) is 16.9. The second-order valence-corrected chi connectivity index (χ2v) is 34.0. The van der Waals surface area contributed by atoms with Crippen LogP contribution >= 0.6 is 22.7 Å². The molecule has 5 heterocycles. The molecule has 0 bridgehead atoms. The number of thiazole rings is 2. The molecule has 0 fully saturated rings. The summed E-state index contributed by atoms with van der Waals surface area (Å²) in [6.07, 6.45) is 5.14. The first-order chi connectivity index (χ1) is 67.8. The summed E-state index contributed by atoms with van der Waals surface area (Å²) in [5.74, 6) is 1.60. The molecule has 0 radical (unpaired) electrons. The molecular weight excluding hydrogens is 1950 g/mol. The smallest absolute Gasteiger partial charge is 0.872 e. The summed E-state index contributed by atoms with van der Waals surface area (Å²) in [6, 6.07) is 125. The molecule has 0 atom stereocenters. The van der Waals surface area contributed by atoms with E-state index >= 15 is 0 Å². The zero-order chi connectivity index (χ0) is 96.5. The van der Waals surface area contributed by atoms with Crippen LogP contribution in [0.2, 0.25) is 0 Å². The Morgan fingerprint density at radius 1 is 0.279 bits per heavy atom. The fourth-order valence-electron chi connectivity index (χ4n) is 14.8. The molecule has 0 unspecified atom stereocenters. The van der Waals surface area contributed by atoms with Crippen molar-refractivity contribution in [2.24, 2.45) is 0 Å². The Balaban J connectivity index is 0.000000204. The van der Waals surface area contributed by atoms with Crippen molar-refractivity contribution in [2.75, 3.05) is 0 Å². The number of benzene rings is 18. The SMILES string of the molecule is Cc1ccc([NH+]=Cc2ccccc2[O-])c(C)c1.Cc1ccc2[nH+]c(-c3ccc4ccccc4c3[O-])oc2c1.Cc1cccc([NH+]=Cc2ccccc2[O-])c1.N#Cc1ccc([NH+]=Cc2ccccc2[O-])cc1.[Cs+].[Li+].[Li+].[Li+].[Li+].[Li+].[Li+].[Li+].[O-]c1c(-c2[nH+]c3ccccc3o2)ccc2ccccc12.[O-]c1ccccc1-c1[nH+]c2ccccc2o1.[O-]c1ccccc1-c1[nH+]c2ccccc2s1.[O-]c1ccccc1-c1[nH+]c2ccccc2s1. The summed E-state index contributed by atoms with van der Waals surface area (Å²) in [5, 5.41) is 108. The zero-order valence-corrected chi connectivity index (χ0v) is 91.5. The molecule has 0 aliphatic rings. The van der Waals surface area contributed by atoms with Crippen LogP contribution in [0.15, 0.2) is 414 Å². The van der Waals surface area contributed by atoms with Crippen molar-refractivity contribution in [3.05, 3.63) is 445 Å². The predicted octanol–water partition coefficient (Wildman–Crippen LogP) is -7.91. The van der Waals surface area contributed by atoms with Gasteiger partial charge < -0.3 is 54.1 Å². The molecule has 147 heavy (non-hydrogen) atoms. The van der Waals surface area contributed by atoms with Gasteiger partial charge in [0.15, 0.2) is 18.6 Å².